The molecule has 0 aliphatic carbocycles. The molecule has 1 N–H and O–H groups in total. The summed E-state index contributed by atoms with van der Waals surface area (Å²) in [5.74, 6) is 0.655. The van der Waals surface area contributed by atoms with Gasteiger partial charge in [-0.3, -0.25) is 0 Å². The number of rotatable bonds is 4. The summed E-state index contributed by atoms with van der Waals surface area (Å²) in [5, 5.41) is 11.0. The van der Waals surface area contributed by atoms with E-state index in [1.54, 1.807) is 0 Å². The lowest BCUT2D eigenvalue weighted by Crippen LogP contribution is -2.06. The SMILES string of the molecule is CCc1nnc(NC(C)c2ccccc2)o1. The van der Waals surface area contributed by atoms with E-state index in [4.69, 9.17) is 4.42 Å². The zero-order chi connectivity index (χ0) is 11.4. The summed E-state index contributed by atoms with van der Waals surface area (Å²) in [4.78, 5) is 0. The molecule has 1 heterocycles. The van der Waals surface area contributed by atoms with Gasteiger partial charge in [-0.05, 0) is 12.5 Å². The van der Waals surface area contributed by atoms with Gasteiger partial charge in [-0.2, -0.15) is 0 Å². The van der Waals surface area contributed by atoms with E-state index in [1.165, 1.54) is 5.56 Å². The Kier molecular flexibility index (Phi) is 3.19. The molecule has 2 aromatic rings. The van der Waals surface area contributed by atoms with Crippen molar-refractivity contribution in [3.05, 3.63) is 41.8 Å². The molecule has 1 aromatic heterocycles. The van der Waals surface area contributed by atoms with Gasteiger partial charge in [0.2, 0.25) is 5.89 Å². The molecule has 0 aliphatic rings. The van der Waals surface area contributed by atoms with E-state index >= 15 is 0 Å². The fraction of sp³-hybridized carbons (Fsp3) is 0.333. The number of benzene rings is 1. The Hall–Kier alpha value is -1.84. The molecular weight excluding hydrogens is 202 g/mol. The van der Waals surface area contributed by atoms with Crippen molar-refractivity contribution in [2.75, 3.05) is 5.32 Å². The van der Waals surface area contributed by atoms with Crippen molar-refractivity contribution < 1.29 is 4.42 Å². The van der Waals surface area contributed by atoms with Crippen molar-refractivity contribution in [3.8, 4) is 0 Å². The standard InChI is InChI=1S/C12H15N3O/c1-3-11-14-15-12(16-11)13-9(2)10-7-5-4-6-8-10/h4-9H,3H2,1-2H3,(H,13,15). The third-order valence-electron chi connectivity index (χ3n) is 2.41. The summed E-state index contributed by atoms with van der Waals surface area (Å²) in [7, 11) is 0. The first-order valence-electron chi connectivity index (χ1n) is 5.43. The molecule has 1 aromatic carbocycles. The van der Waals surface area contributed by atoms with Gasteiger partial charge in [-0.25, -0.2) is 0 Å². The van der Waals surface area contributed by atoms with Gasteiger partial charge in [0.25, 0.3) is 0 Å². The number of aryl methyl sites for hydroxylation is 1. The number of hydrogen-bond donors (Lipinski definition) is 1. The van der Waals surface area contributed by atoms with Gasteiger partial charge in [-0.15, -0.1) is 5.10 Å². The highest BCUT2D eigenvalue weighted by Gasteiger charge is 2.09. The number of nitrogens with one attached hydrogen (secondary N) is 1. The van der Waals surface area contributed by atoms with Crippen molar-refractivity contribution in [3.63, 3.8) is 0 Å². The second-order valence-electron chi connectivity index (χ2n) is 3.63. The van der Waals surface area contributed by atoms with Crippen LogP contribution in [-0.4, -0.2) is 10.2 Å². The molecule has 0 spiro atoms. The van der Waals surface area contributed by atoms with Crippen LogP contribution in [0, 0.1) is 0 Å². The van der Waals surface area contributed by atoms with Crippen LogP contribution < -0.4 is 5.32 Å². The summed E-state index contributed by atoms with van der Waals surface area (Å²) in [6, 6.07) is 10.8. The van der Waals surface area contributed by atoms with Crippen LogP contribution in [0.4, 0.5) is 6.01 Å². The predicted octanol–water partition coefficient (Wildman–Crippen LogP) is 2.81. The fourth-order valence-corrected chi connectivity index (χ4v) is 1.47. The molecule has 1 unspecified atom stereocenters. The summed E-state index contributed by atoms with van der Waals surface area (Å²) >= 11 is 0. The minimum atomic E-state index is 0.159. The van der Waals surface area contributed by atoms with Crippen molar-refractivity contribution in [1.82, 2.24) is 10.2 Å². The first kappa shape index (κ1) is 10.7. The Morgan fingerprint density at radius 1 is 1.25 bits per heavy atom. The van der Waals surface area contributed by atoms with Crippen LogP contribution in [0.5, 0.6) is 0 Å². The van der Waals surface area contributed by atoms with Crippen molar-refractivity contribution in [2.45, 2.75) is 26.3 Å². The Morgan fingerprint density at radius 3 is 2.62 bits per heavy atom. The molecule has 0 aliphatic heterocycles. The van der Waals surface area contributed by atoms with Gasteiger partial charge in [0.05, 0.1) is 6.04 Å². The van der Waals surface area contributed by atoms with Crippen LogP contribution in [0.1, 0.15) is 31.3 Å². The Labute approximate surface area is 94.7 Å². The molecule has 1 atom stereocenters. The van der Waals surface area contributed by atoms with Crippen LogP contribution in [0.3, 0.4) is 0 Å². The number of nitrogens with zero attached hydrogens (tertiary/aromatic N) is 2. The third-order valence-corrected chi connectivity index (χ3v) is 2.41. The molecule has 0 saturated heterocycles. The number of aromatic nitrogens is 2. The highest BCUT2D eigenvalue weighted by Crippen LogP contribution is 2.17. The average molecular weight is 217 g/mol. The molecule has 0 amide bonds. The van der Waals surface area contributed by atoms with E-state index in [2.05, 4.69) is 34.6 Å². The fourth-order valence-electron chi connectivity index (χ4n) is 1.47. The molecular formula is C12H15N3O. The maximum atomic E-state index is 5.39. The Morgan fingerprint density at radius 2 is 2.00 bits per heavy atom. The van der Waals surface area contributed by atoms with Crippen LogP contribution in [-0.2, 0) is 6.42 Å². The van der Waals surface area contributed by atoms with Gasteiger partial charge in [0.1, 0.15) is 0 Å². The van der Waals surface area contributed by atoms with E-state index in [-0.39, 0.29) is 6.04 Å². The van der Waals surface area contributed by atoms with Crippen molar-refractivity contribution in [2.24, 2.45) is 0 Å². The van der Waals surface area contributed by atoms with Crippen molar-refractivity contribution >= 4 is 6.01 Å². The molecule has 16 heavy (non-hydrogen) atoms. The maximum absolute atomic E-state index is 5.39. The van der Waals surface area contributed by atoms with Gasteiger partial charge in [0, 0.05) is 6.42 Å². The lowest BCUT2D eigenvalue weighted by Gasteiger charge is -2.11. The highest BCUT2D eigenvalue weighted by atomic mass is 16.4. The lowest BCUT2D eigenvalue weighted by atomic mass is 10.1. The topological polar surface area (TPSA) is 51.0 Å². The zero-order valence-electron chi connectivity index (χ0n) is 9.47. The number of hydrogen-bond acceptors (Lipinski definition) is 4. The quantitative estimate of drug-likeness (QED) is 0.855. The molecule has 84 valence electrons. The van der Waals surface area contributed by atoms with Crippen molar-refractivity contribution in [1.29, 1.82) is 0 Å². The molecule has 0 bridgehead atoms. The van der Waals surface area contributed by atoms with E-state index in [1.807, 2.05) is 25.1 Å². The Bertz CT molecular complexity index is 439. The maximum Gasteiger partial charge on any atom is 0.315 e. The first-order chi connectivity index (χ1) is 7.79. The predicted molar refractivity (Wildman–Crippen MR) is 62.2 cm³/mol. The molecule has 0 saturated carbocycles. The van der Waals surface area contributed by atoms with Crippen LogP contribution in [0.15, 0.2) is 34.7 Å². The summed E-state index contributed by atoms with van der Waals surface area (Å²) in [5.41, 5.74) is 1.19. The number of anilines is 1. The highest BCUT2D eigenvalue weighted by molar-refractivity contribution is 5.28. The van der Waals surface area contributed by atoms with Crippen LogP contribution >= 0.6 is 0 Å². The minimum absolute atomic E-state index is 0.159. The monoisotopic (exact) mass is 217 g/mol. The van der Waals surface area contributed by atoms with Crippen LogP contribution in [0.2, 0.25) is 0 Å². The second kappa shape index (κ2) is 4.79. The van der Waals surface area contributed by atoms with Gasteiger partial charge >= 0.3 is 6.01 Å². The zero-order valence-corrected chi connectivity index (χ0v) is 9.47. The van der Waals surface area contributed by atoms with E-state index in [0.29, 0.717) is 11.9 Å². The smallest absolute Gasteiger partial charge is 0.315 e. The normalized spacial score (nSPS) is 12.4. The third kappa shape index (κ3) is 2.39. The first-order valence-corrected chi connectivity index (χ1v) is 5.43. The summed E-state index contributed by atoms with van der Waals surface area (Å²) in [6.45, 7) is 4.04. The van der Waals surface area contributed by atoms with Crippen LogP contribution in [0.25, 0.3) is 0 Å². The second-order valence-corrected chi connectivity index (χ2v) is 3.63. The molecule has 4 nitrogen and oxygen atoms in total. The summed E-state index contributed by atoms with van der Waals surface area (Å²) in [6.07, 6.45) is 0.758. The molecule has 4 heteroatoms. The van der Waals surface area contributed by atoms with E-state index in [0.717, 1.165) is 6.42 Å². The van der Waals surface area contributed by atoms with Gasteiger partial charge in [0.15, 0.2) is 0 Å². The largest absolute Gasteiger partial charge is 0.408 e. The molecule has 0 radical (unpaired) electrons. The minimum Gasteiger partial charge on any atom is -0.408 e. The van der Waals surface area contributed by atoms with E-state index < -0.39 is 0 Å². The van der Waals surface area contributed by atoms with Gasteiger partial charge in [-0.1, -0.05) is 42.4 Å². The lowest BCUT2D eigenvalue weighted by molar-refractivity contribution is 0.507. The van der Waals surface area contributed by atoms with E-state index in [9.17, 15) is 0 Å². The van der Waals surface area contributed by atoms with Gasteiger partial charge < -0.3 is 9.73 Å². The Balaban J connectivity index is 2.05. The summed E-state index contributed by atoms with van der Waals surface area (Å²) < 4.78 is 5.39. The average Bonchev–Trinajstić information content (AvgIpc) is 2.78. The molecule has 0 fully saturated rings. The molecule has 2 rings (SSSR count).